The molecule has 2 aromatic carbocycles. The summed E-state index contributed by atoms with van der Waals surface area (Å²) in [5.41, 5.74) is -3.84. The Morgan fingerprint density at radius 1 is 1.21 bits per heavy atom. The lowest BCUT2D eigenvalue weighted by atomic mass is 10.1. The van der Waals surface area contributed by atoms with Crippen LogP contribution in [0, 0.1) is 17.1 Å². The van der Waals surface area contributed by atoms with E-state index in [1.54, 1.807) is 0 Å². The molecule has 0 fully saturated rings. The Kier molecular flexibility index (Phi) is 7.93. The van der Waals surface area contributed by atoms with Gasteiger partial charge in [-0.15, -0.1) is 11.8 Å². The Balaban J connectivity index is 0.00000392. The van der Waals surface area contributed by atoms with Gasteiger partial charge in [-0.1, -0.05) is 0 Å². The number of anilines is 1. The second kappa shape index (κ2) is 9.32. The fourth-order valence-electron chi connectivity index (χ4n) is 2.04. The van der Waals surface area contributed by atoms with Crippen molar-refractivity contribution in [3.05, 3.63) is 59.4 Å². The summed E-state index contributed by atoms with van der Waals surface area (Å²) >= 11 is 1.09. The van der Waals surface area contributed by atoms with E-state index in [9.17, 15) is 27.5 Å². The molecular weight excluding hydrogens is 416 g/mol. The molecule has 2 N–H and O–H groups in total. The molecule has 0 aliphatic carbocycles. The van der Waals surface area contributed by atoms with Crippen LogP contribution in [0.2, 0.25) is 0 Å². The molecule has 1 atom stereocenters. The molecule has 0 radical (unpaired) electrons. The number of thioether (sulfide) groups is 1. The molecular formula is C18H16F4N2O2S2. The number of benzene rings is 2. The maximum Gasteiger partial charge on any atom is 0.417 e. The molecule has 0 unspecified atom stereocenters. The van der Waals surface area contributed by atoms with E-state index in [0.717, 1.165) is 23.9 Å². The van der Waals surface area contributed by atoms with Gasteiger partial charge in [0.2, 0.25) is 0 Å². The first kappa shape index (κ1) is 23.8. The van der Waals surface area contributed by atoms with Crippen molar-refractivity contribution in [2.75, 3.05) is 11.1 Å². The summed E-state index contributed by atoms with van der Waals surface area (Å²) in [5.74, 6) is -1.44. The Morgan fingerprint density at radius 3 is 2.36 bits per heavy atom. The van der Waals surface area contributed by atoms with Gasteiger partial charge in [0.15, 0.2) is 0 Å². The average Bonchev–Trinajstić information content (AvgIpc) is 2.60. The average molecular weight is 432 g/mol. The van der Waals surface area contributed by atoms with Crippen molar-refractivity contribution in [1.82, 2.24) is 0 Å². The van der Waals surface area contributed by atoms with Crippen molar-refractivity contribution in [1.29, 1.82) is 5.26 Å². The maximum atomic E-state index is 13.0. The van der Waals surface area contributed by atoms with Gasteiger partial charge in [0.25, 0.3) is 5.91 Å². The van der Waals surface area contributed by atoms with Crippen LogP contribution >= 0.6 is 25.3 Å². The number of amides is 1. The highest BCUT2D eigenvalue weighted by Gasteiger charge is 2.35. The lowest BCUT2D eigenvalue weighted by Crippen LogP contribution is -2.42. The summed E-state index contributed by atoms with van der Waals surface area (Å²) in [5, 5.41) is 21.3. The Morgan fingerprint density at radius 2 is 1.82 bits per heavy atom. The highest BCUT2D eigenvalue weighted by atomic mass is 32.2. The SMILES string of the molecule is C[C@@](O)(CSc1ccc(F)cc1)C(=O)Nc1ccc(C#N)c(C(F)(F)F)c1.S. The van der Waals surface area contributed by atoms with Crippen LogP contribution in [0.25, 0.3) is 0 Å². The van der Waals surface area contributed by atoms with Crippen LogP contribution in [0.15, 0.2) is 47.4 Å². The summed E-state index contributed by atoms with van der Waals surface area (Å²) in [6.07, 6.45) is -4.76. The minimum atomic E-state index is -4.76. The summed E-state index contributed by atoms with van der Waals surface area (Å²) in [6.45, 7) is 1.22. The minimum absolute atomic E-state index is 0. The van der Waals surface area contributed by atoms with Gasteiger partial charge in [-0.25, -0.2) is 4.39 Å². The number of nitriles is 1. The first-order valence-corrected chi connectivity index (χ1v) is 8.55. The number of hydrogen-bond donors (Lipinski definition) is 2. The molecule has 0 aromatic heterocycles. The molecule has 150 valence electrons. The molecule has 2 aromatic rings. The number of carbonyl (C=O) groups is 1. The Hall–Kier alpha value is -2.22. The van der Waals surface area contributed by atoms with Crippen LogP contribution in [0.3, 0.4) is 0 Å². The van der Waals surface area contributed by atoms with E-state index in [0.29, 0.717) is 11.0 Å². The number of nitrogens with one attached hydrogen (secondary N) is 1. The van der Waals surface area contributed by atoms with E-state index in [2.05, 4.69) is 5.32 Å². The number of hydrogen-bond acceptors (Lipinski definition) is 4. The van der Waals surface area contributed by atoms with E-state index < -0.39 is 34.6 Å². The van der Waals surface area contributed by atoms with Gasteiger partial charge in [-0.05, 0) is 49.4 Å². The zero-order valence-electron chi connectivity index (χ0n) is 14.5. The molecule has 2 rings (SSSR count). The minimum Gasteiger partial charge on any atom is -0.379 e. The monoisotopic (exact) mass is 432 g/mol. The van der Waals surface area contributed by atoms with Crippen LogP contribution in [-0.4, -0.2) is 22.4 Å². The largest absolute Gasteiger partial charge is 0.417 e. The highest BCUT2D eigenvalue weighted by Crippen LogP contribution is 2.34. The van der Waals surface area contributed by atoms with E-state index in [4.69, 9.17) is 5.26 Å². The van der Waals surface area contributed by atoms with Crippen molar-refractivity contribution in [3.8, 4) is 6.07 Å². The molecule has 0 aliphatic heterocycles. The van der Waals surface area contributed by atoms with Gasteiger partial charge in [0, 0.05) is 16.3 Å². The molecule has 0 bridgehead atoms. The summed E-state index contributed by atoms with van der Waals surface area (Å²) in [7, 11) is 0. The lowest BCUT2D eigenvalue weighted by molar-refractivity contribution is -0.137. The predicted molar refractivity (Wildman–Crippen MR) is 103 cm³/mol. The van der Waals surface area contributed by atoms with Crippen molar-refractivity contribution in [2.45, 2.75) is 23.6 Å². The van der Waals surface area contributed by atoms with Crippen LogP contribution < -0.4 is 5.32 Å². The summed E-state index contributed by atoms with van der Waals surface area (Å²) in [4.78, 5) is 12.9. The van der Waals surface area contributed by atoms with E-state index >= 15 is 0 Å². The van der Waals surface area contributed by atoms with Gasteiger partial charge >= 0.3 is 6.18 Å². The molecule has 0 saturated heterocycles. The van der Waals surface area contributed by atoms with Crippen molar-refractivity contribution in [3.63, 3.8) is 0 Å². The number of halogens is 4. The molecule has 4 nitrogen and oxygen atoms in total. The fraction of sp³-hybridized carbons (Fsp3) is 0.222. The molecule has 10 heteroatoms. The Labute approximate surface area is 170 Å². The topological polar surface area (TPSA) is 73.1 Å². The predicted octanol–water partition coefficient (Wildman–Crippen LogP) is 4.31. The second-order valence-electron chi connectivity index (χ2n) is 5.84. The second-order valence-corrected chi connectivity index (χ2v) is 6.89. The number of nitrogens with zero attached hydrogens (tertiary/aromatic N) is 1. The third kappa shape index (κ3) is 6.15. The molecule has 0 aliphatic rings. The molecule has 0 saturated carbocycles. The van der Waals surface area contributed by atoms with Crippen LogP contribution in [0.4, 0.5) is 23.2 Å². The zero-order valence-corrected chi connectivity index (χ0v) is 16.3. The van der Waals surface area contributed by atoms with Crippen LogP contribution in [0.1, 0.15) is 18.1 Å². The number of rotatable bonds is 5. The van der Waals surface area contributed by atoms with Gasteiger partial charge in [0.05, 0.1) is 17.2 Å². The molecule has 0 spiro atoms. The van der Waals surface area contributed by atoms with Crippen molar-refractivity contribution >= 4 is 36.9 Å². The van der Waals surface area contributed by atoms with Crippen LogP contribution in [0.5, 0.6) is 0 Å². The number of aliphatic hydroxyl groups is 1. The maximum absolute atomic E-state index is 13.0. The highest BCUT2D eigenvalue weighted by molar-refractivity contribution is 7.99. The smallest absolute Gasteiger partial charge is 0.379 e. The van der Waals surface area contributed by atoms with Gasteiger partial charge in [0.1, 0.15) is 11.4 Å². The summed E-state index contributed by atoms with van der Waals surface area (Å²) in [6, 6.07) is 9.58. The standard InChI is InChI=1S/C18H14F4N2O2S.H2S/c1-17(26,10-27-14-6-3-12(19)4-7-14)16(25)24-13-5-2-11(9-23)15(8-13)18(20,21)22;/h2-8,26H,10H2,1H3,(H,24,25);1H2/t17-;/m1./s1. The van der Waals surface area contributed by atoms with E-state index in [1.165, 1.54) is 37.3 Å². The molecule has 28 heavy (non-hydrogen) atoms. The summed E-state index contributed by atoms with van der Waals surface area (Å²) < 4.78 is 51.8. The normalized spacial score (nSPS) is 13.0. The van der Waals surface area contributed by atoms with Gasteiger partial charge < -0.3 is 10.4 Å². The van der Waals surface area contributed by atoms with Crippen molar-refractivity contribution < 1.29 is 27.5 Å². The van der Waals surface area contributed by atoms with Crippen LogP contribution in [-0.2, 0) is 11.0 Å². The first-order chi connectivity index (χ1) is 12.5. The van der Waals surface area contributed by atoms with E-state index in [-0.39, 0.29) is 24.9 Å². The number of carbonyl (C=O) groups excluding carboxylic acids is 1. The zero-order chi connectivity index (χ0) is 20.2. The van der Waals surface area contributed by atoms with E-state index in [1.807, 2.05) is 0 Å². The quantitative estimate of drug-likeness (QED) is 0.546. The first-order valence-electron chi connectivity index (χ1n) is 7.56. The number of alkyl halides is 3. The third-order valence-corrected chi connectivity index (χ3v) is 4.84. The fourth-order valence-corrected chi connectivity index (χ4v) is 2.95. The molecule has 1 amide bonds. The molecule has 0 heterocycles. The van der Waals surface area contributed by atoms with Gasteiger partial charge in [-0.2, -0.15) is 31.9 Å². The third-order valence-electron chi connectivity index (χ3n) is 3.53. The van der Waals surface area contributed by atoms with Gasteiger partial charge in [-0.3, -0.25) is 4.79 Å². The van der Waals surface area contributed by atoms with Crippen molar-refractivity contribution in [2.24, 2.45) is 0 Å². The lowest BCUT2D eigenvalue weighted by Gasteiger charge is -2.22. The Bertz CT molecular complexity index is 879.